The second-order valence-corrected chi connectivity index (χ2v) is 11.1. The zero-order valence-corrected chi connectivity index (χ0v) is 21.7. The van der Waals surface area contributed by atoms with Gasteiger partial charge >= 0.3 is 7.12 Å². The third-order valence-electron chi connectivity index (χ3n) is 7.55. The van der Waals surface area contributed by atoms with Gasteiger partial charge in [0.2, 0.25) is 11.8 Å². The summed E-state index contributed by atoms with van der Waals surface area (Å²) in [5, 5.41) is 6.24. The van der Waals surface area contributed by atoms with Gasteiger partial charge in [0.1, 0.15) is 5.54 Å². The number of hydrogen-bond acceptors (Lipinski definition) is 5. The van der Waals surface area contributed by atoms with Gasteiger partial charge in [-0.2, -0.15) is 0 Å². The quantitative estimate of drug-likeness (QED) is 0.394. The molecule has 2 rings (SSSR count). The lowest BCUT2D eigenvalue weighted by atomic mass is 9.65. The Labute approximate surface area is 195 Å². The molecular formula is C24H46BN3O4. The minimum Gasteiger partial charge on any atom is -0.403 e. The van der Waals surface area contributed by atoms with Gasteiger partial charge in [0.15, 0.2) is 0 Å². The van der Waals surface area contributed by atoms with Crippen molar-refractivity contribution < 1.29 is 18.9 Å². The van der Waals surface area contributed by atoms with Crippen molar-refractivity contribution in [3.63, 3.8) is 0 Å². The molecule has 1 heterocycles. The molecule has 1 saturated carbocycles. The molecule has 32 heavy (non-hydrogen) atoms. The highest BCUT2D eigenvalue weighted by Crippen LogP contribution is 2.42. The summed E-state index contributed by atoms with van der Waals surface area (Å²) in [5.74, 6) is 0.228. The summed E-state index contributed by atoms with van der Waals surface area (Å²) in [7, 11) is 3.82. The molecule has 0 aromatic carbocycles. The van der Waals surface area contributed by atoms with Crippen LogP contribution in [0.15, 0.2) is 0 Å². The monoisotopic (exact) mass is 451 g/mol. The summed E-state index contributed by atoms with van der Waals surface area (Å²) >= 11 is 0. The molecule has 2 N–H and O–H groups in total. The summed E-state index contributed by atoms with van der Waals surface area (Å²) in [4.78, 5) is 27.9. The van der Waals surface area contributed by atoms with Crippen molar-refractivity contribution >= 4 is 18.9 Å². The number of carbonyl (C=O) groups excluding carboxylic acids is 2. The Morgan fingerprint density at radius 3 is 2.25 bits per heavy atom. The zero-order chi connectivity index (χ0) is 24.2. The van der Waals surface area contributed by atoms with Gasteiger partial charge in [-0.1, -0.05) is 19.8 Å². The van der Waals surface area contributed by atoms with Gasteiger partial charge in [-0.15, -0.1) is 0 Å². The van der Waals surface area contributed by atoms with Crippen LogP contribution in [0.2, 0.25) is 6.32 Å². The van der Waals surface area contributed by atoms with Crippen LogP contribution in [0.25, 0.3) is 0 Å². The molecule has 1 aliphatic heterocycles. The van der Waals surface area contributed by atoms with Crippen molar-refractivity contribution in [2.45, 2.75) is 103 Å². The van der Waals surface area contributed by atoms with Gasteiger partial charge in [-0.05, 0) is 79.7 Å². The molecule has 0 spiro atoms. The SMILES string of the molecule is CCCCNC(=O)C1(NC(C)=O)CC(CCB2OC(C)(C)C(C)(C)O2)CCC1CN(C)C. The average molecular weight is 451 g/mol. The molecule has 184 valence electrons. The fourth-order valence-electron chi connectivity index (χ4n) is 5.13. The molecular weight excluding hydrogens is 405 g/mol. The second-order valence-electron chi connectivity index (χ2n) is 11.1. The van der Waals surface area contributed by atoms with Gasteiger partial charge in [0.25, 0.3) is 0 Å². The molecule has 1 aliphatic carbocycles. The average Bonchev–Trinajstić information content (AvgIpc) is 2.87. The molecule has 0 bridgehead atoms. The highest BCUT2D eigenvalue weighted by molar-refractivity contribution is 6.45. The van der Waals surface area contributed by atoms with Gasteiger partial charge < -0.3 is 24.8 Å². The Kier molecular flexibility index (Phi) is 9.22. The van der Waals surface area contributed by atoms with Crippen LogP contribution in [-0.4, -0.2) is 67.8 Å². The molecule has 0 aromatic heterocycles. The highest BCUT2D eigenvalue weighted by Gasteiger charge is 2.52. The Balaban J connectivity index is 2.15. The summed E-state index contributed by atoms with van der Waals surface area (Å²) in [6.07, 6.45) is 6.27. The van der Waals surface area contributed by atoms with E-state index in [0.29, 0.717) is 18.9 Å². The molecule has 2 aliphatic rings. The zero-order valence-electron chi connectivity index (χ0n) is 21.7. The minimum absolute atomic E-state index is 0.0340. The first-order chi connectivity index (χ1) is 14.8. The van der Waals surface area contributed by atoms with E-state index in [0.717, 1.165) is 45.0 Å². The Morgan fingerprint density at radius 2 is 1.72 bits per heavy atom. The van der Waals surface area contributed by atoms with E-state index in [9.17, 15) is 9.59 Å². The Bertz CT molecular complexity index is 639. The van der Waals surface area contributed by atoms with E-state index in [1.807, 2.05) is 14.1 Å². The van der Waals surface area contributed by atoms with Crippen LogP contribution in [0.1, 0.15) is 80.1 Å². The Morgan fingerprint density at radius 1 is 1.09 bits per heavy atom. The molecule has 0 aromatic rings. The van der Waals surface area contributed by atoms with E-state index < -0.39 is 5.54 Å². The van der Waals surface area contributed by atoms with Crippen molar-refractivity contribution in [2.24, 2.45) is 11.8 Å². The van der Waals surface area contributed by atoms with Crippen molar-refractivity contribution in [3.05, 3.63) is 0 Å². The maximum Gasteiger partial charge on any atom is 0.457 e. The Hall–Kier alpha value is -1.12. The molecule has 3 atom stereocenters. The fourth-order valence-corrected chi connectivity index (χ4v) is 5.13. The van der Waals surface area contributed by atoms with Crippen LogP contribution in [0.5, 0.6) is 0 Å². The number of carbonyl (C=O) groups is 2. The van der Waals surface area contributed by atoms with Crippen LogP contribution in [-0.2, 0) is 18.9 Å². The number of nitrogens with zero attached hydrogens (tertiary/aromatic N) is 1. The third kappa shape index (κ3) is 6.48. The van der Waals surface area contributed by atoms with Crippen molar-refractivity contribution in [1.82, 2.24) is 15.5 Å². The summed E-state index contributed by atoms with van der Waals surface area (Å²) < 4.78 is 12.4. The maximum atomic E-state index is 13.5. The molecule has 1 saturated heterocycles. The lowest BCUT2D eigenvalue weighted by Gasteiger charge is -2.47. The number of amides is 2. The molecule has 0 radical (unpaired) electrons. The van der Waals surface area contributed by atoms with Crippen LogP contribution in [0, 0.1) is 11.8 Å². The normalized spacial score (nSPS) is 29.2. The topological polar surface area (TPSA) is 79.9 Å². The number of rotatable bonds is 10. The van der Waals surface area contributed by atoms with Crippen LogP contribution in [0.3, 0.4) is 0 Å². The van der Waals surface area contributed by atoms with E-state index in [-0.39, 0.29) is 36.1 Å². The lowest BCUT2D eigenvalue weighted by molar-refractivity contribution is -0.138. The van der Waals surface area contributed by atoms with Gasteiger partial charge in [-0.3, -0.25) is 9.59 Å². The van der Waals surface area contributed by atoms with Crippen LogP contribution in [0.4, 0.5) is 0 Å². The standard InChI is InChI=1S/C24H46BN3O4/c1-9-10-15-26-21(30)24(27-18(2)29)16-19(11-12-20(24)17-28(7)8)13-14-25-31-22(3,4)23(5,6)32-25/h19-20H,9-17H2,1-8H3,(H,26,30)(H,27,29). The van der Waals surface area contributed by atoms with E-state index in [1.54, 1.807) is 0 Å². The fraction of sp³-hybridized carbons (Fsp3) is 0.917. The van der Waals surface area contributed by atoms with Crippen molar-refractivity contribution in [2.75, 3.05) is 27.2 Å². The summed E-state index contributed by atoms with van der Waals surface area (Å²) in [5.41, 5.74) is -1.54. The molecule has 8 heteroatoms. The van der Waals surface area contributed by atoms with E-state index in [2.05, 4.69) is 50.2 Å². The molecule has 7 nitrogen and oxygen atoms in total. The first kappa shape index (κ1) is 27.1. The molecule has 2 amide bonds. The smallest absolute Gasteiger partial charge is 0.403 e. The third-order valence-corrected chi connectivity index (χ3v) is 7.55. The van der Waals surface area contributed by atoms with Crippen LogP contribution >= 0.6 is 0 Å². The number of unbranched alkanes of at least 4 members (excludes halogenated alkanes) is 1. The summed E-state index contributed by atoms with van der Waals surface area (Å²) in [6.45, 7) is 13.3. The minimum atomic E-state index is -0.872. The number of hydrogen-bond donors (Lipinski definition) is 2. The van der Waals surface area contributed by atoms with E-state index in [1.165, 1.54) is 6.92 Å². The first-order valence-corrected chi connectivity index (χ1v) is 12.4. The van der Waals surface area contributed by atoms with Crippen LogP contribution < -0.4 is 10.6 Å². The van der Waals surface area contributed by atoms with E-state index in [4.69, 9.17) is 9.31 Å². The van der Waals surface area contributed by atoms with Gasteiger partial charge in [0, 0.05) is 25.9 Å². The molecule has 2 fully saturated rings. The summed E-state index contributed by atoms with van der Waals surface area (Å²) in [6, 6.07) is 0. The number of nitrogens with one attached hydrogen (secondary N) is 2. The largest absolute Gasteiger partial charge is 0.457 e. The van der Waals surface area contributed by atoms with E-state index >= 15 is 0 Å². The second kappa shape index (κ2) is 10.9. The molecule has 3 unspecified atom stereocenters. The predicted octanol–water partition coefficient (Wildman–Crippen LogP) is 3.24. The van der Waals surface area contributed by atoms with Crippen molar-refractivity contribution in [3.8, 4) is 0 Å². The van der Waals surface area contributed by atoms with Gasteiger partial charge in [0.05, 0.1) is 11.2 Å². The highest BCUT2D eigenvalue weighted by atomic mass is 16.7. The predicted molar refractivity (Wildman–Crippen MR) is 129 cm³/mol. The van der Waals surface area contributed by atoms with Crippen molar-refractivity contribution in [1.29, 1.82) is 0 Å². The van der Waals surface area contributed by atoms with Gasteiger partial charge in [-0.25, -0.2) is 0 Å². The first-order valence-electron chi connectivity index (χ1n) is 12.4. The maximum absolute atomic E-state index is 13.5. The lowest BCUT2D eigenvalue weighted by Crippen LogP contribution is -2.66.